The largest absolute Gasteiger partial charge is 0.497 e. The Balaban J connectivity index is 2.16. The van der Waals surface area contributed by atoms with Crippen molar-refractivity contribution in [3.63, 3.8) is 0 Å². The standard InChI is InChI=1S/C19H28N2O6S/c1-5-27-19(23)15-9-11-20(12-10-15)18(22)14(2)21(28(4,24)25)16-7-6-8-17(13-16)26-3/h6-8,13-15H,5,9-12H2,1-4H3/t14-/m1/s1. The molecule has 0 unspecified atom stereocenters. The van der Waals surface area contributed by atoms with Gasteiger partial charge >= 0.3 is 5.97 Å². The number of piperidine rings is 1. The molecule has 9 heteroatoms. The van der Waals surface area contributed by atoms with Gasteiger partial charge in [0.1, 0.15) is 11.8 Å². The summed E-state index contributed by atoms with van der Waals surface area (Å²) in [6.07, 6.45) is 2.09. The third-order valence-electron chi connectivity index (χ3n) is 4.80. The average Bonchev–Trinajstić information content (AvgIpc) is 2.67. The third-order valence-corrected chi connectivity index (χ3v) is 6.04. The number of anilines is 1. The number of benzene rings is 1. The summed E-state index contributed by atoms with van der Waals surface area (Å²) in [6.45, 7) is 4.44. The monoisotopic (exact) mass is 412 g/mol. The van der Waals surface area contributed by atoms with Crippen LogP contribution in [0.1, 0.15) is 26.7 Å². The summed E-state index contributed by atoms with van der Waals surface area (Å²) in [7, 11) is -2.21. The average molecular weight is 413 g/mol. The van der Waals surface area contributed by atoms with Crippen LogP contribution < -0.4 is 9.04 Å². The first kappa shape index (κ1) is 22.0. The van der Waals surface area contributed by atoms with Gasteiger partial charge in [0, 0.05) is 19.2 Å². The maximum Gasteiger partial charge on any atom is 0.309 e. The second-order valence-corrected chi connectivity index (χ2v) is 8.65. The number of likely N-dealkylation sites (tertiary alicyclic amines) is 1. The molecule has 0 N–H and O–H groups in total. The number of amides is 1. The zero-order valence-electron chi connectivity index (χ0n) is 16.8. The fraction of sp³-hybridized carbons (Fsp3) is 0.579. The van der Waals surface area contributed by atoms with Crippen molar-refractivity contribution in [3.8, 4) is 5.75 Å². The van der Waals surface area contributed by atoms with E-state index in [1.807, 2.05) is 0 Å². The molecule has 0 bridgehead atoms. The van der Waals surface area contributed by atoms with Crippen LogP contribution in [0.4, 0.5) is 5.69 Å². The molecular weight excluding hydrogens is 384 g/mol. The van der Waals surface area contributed by atoms with Crippen molar-refractivity contribution in [3.05, 3.63) is 24.3 Å². The molecule has 156 valence electrons. The quantitative estimate of drug-likeness (QED) is 0.632. The lowest BCUT2D eigenvalue weighted by atomic mass is 9.96. The number of hydrogen-bond acceptors (Lipinski definition) is 6. The second-order valence-electron chi connectivity index (χ2n) is 6.79. The molecule has 0 spiro atoms. The molecular formula is C19H28N2O6S. The van der Waals surface area contributed by atoms with Crippen molar-refractivity contribution in [1.29, 1.82) is 0 Å². The van der Waals surface area contributed by atoms with E-state index in [0.717, 1.165) is 10.6 Å². The minimum Gasteiger partial charge on any atom is -0.497 e. The van der Waals surface area contributed by atoms with E-state index in [9.17, 15) is 18.0 Å². The number of ether oxygens (including phenoxy) is 2. The molecule has 1 aromatic rings. The summed E-state index contributed by atoms with van der Waals surface area (Å²) in [6, 6.07) is 5.67. The van der Waals surface area contributed by atoms with Gasteiger partial charge in [0.15, 0.2) is 0 Å². The number of carbonyl (C=O) groups excluding carboxylic acids is 2. The van der Waals surface area contributed by atoms with Crippen LogP contribution in [-0.4, -0.2) is 64.3 Å². The van der Waals surface area contributed by atoms with Crippen LogP contribution in [0, 0.1) is 5.92 Å². The van der Waals surface area contributed by atoms with Crippen molar-refractivity contribution in [1.82, 2.24) is 4.90 Å². The van der Waals surface area contributed by atoms with Crippen molar-refractivity contribution in [2.45, 2.75) is 32.7 Å². The molecule has 0 aliphatic carbocycles. The minimum atomic E-state index is -3.70. The van der Waals surface area contributed by atoms with E-state index in [2.05, 4.69) is 0 Å². The van der Waals surface area contributed by atoms with Gasteiger partial charge in [0.2, 0.25) is 15.9 Å². The molecule has 8 nitrogen and oxygen atoms in total. The maximum atomic E-state index is 13.0. The van der Waals surface area contributed by atoms with E-state index >= 15 is 0 Å². The smallest absolute Gasteiger partial charge is 0.309 e. The van der Waals surface area contributed by atoms with Crippen LogP contribution in [0.3, 0.4) is 0 Å². The maximum absolute atomic E-state index is 13.0. The highest BCUT2D eigenvalue weighted by Crippen LogP contribution is 2.27. The van der Waals surface area contributed by atoms with Gasteiger partial charge in [-0.1, -0.05) is 6.07 Å². The number of nitrogens with zero attached hydrogens (tertiary/aromatic N) is 2. The Morgan fingerprint density at radius 1 is 1.29 bits per heavy atom. The predicted octanol–water partition coefficient (Wildman–Crippen LogP) is 1.65. The van der Waals surface area contributed by atoms with Gasteiger partial charge in [-0.3, -0.25) is 13.9 Å². The molecule has 1 aliphatic heterocycles. The van der Waals surface area contributed by atoms with E-state index < -0.39 is 16.1 Å². The lowest BCUT2D eigenvalue weighted by Crippen LogP contribution is -2.51. The van der Waals surface area contributed by atoms with E-state index in [0.29, 0.717) is 44.0 Å². The van der Waals surface area contributed by atoms with Gasteiger partial charge in [-0.2, -0.15) is 0 Å². The highest BCUT2D eigenvalue weighted by Gasteiger charge is 2.35. The van der Waals surface area contributed by atoms with Crippen molar-refractivity contribution < 1.29 is 27.5 Å². The Bertz CT molecular complexity index is 802. The van der Waals surface area contributed by atoms with E-state index in [-0.39, 0.29) is 17.8 Å². The molecule has 2 rings (SSSR count). The summed E-state index contributed by atoms with van der Waals surface area (Å²) in [4.78, 5) is 26.5. The van der Waals surface area contributed by atoms with Gasteiger partial charge in [0.05, 0.1) is 31.6 Å². The fourth-order valence-corrected chi connectivity index (χ4v) is 4.57. The van der Waals surface area contributed by atoms with Crippen LogP contribution in [-0.2, 0) is 24.3 Å². The first-order valence-electron chi connectivity index (χ1n) is 9.28. The van der Waals surface area contributed by atoms with E-state index in [1.54, 1.807) is 43.0 Å². The third kappa shape index (κ3) is 5.15. The molecule has 1 fully saturated rings. The molecule has 1 aliphatic rings. The zero-order chi connectivity index (χ0) is 20.9. The number of esters is 1. The minimum absolute atomic E-state index is 0.219. The Kier molecular flexibility index (Phi) is 7.29. The first-order valence-corrected chi connectivity index (χ1v) is 11.1. The molecule has 1 atom stereocenters. The second kappa shape index (κ2) is 9.27. The molecule has 1 saturated heterocycles. The molecule has 0 aromatic heterocycles. The highest BCUT2D eigenvalue weighted by molar-refractivity contribution is 7.92. The lowest BCUT2D eigenvalue weighted by molar-refractivity contribution is -0.151. The van der Waals surface area contributed by atoms with Gasteiger partial charge in [-0.15, -0.1) is 0 Å². The van der Waals surface area contributed by atoms with Crippen molar-refractivity contribution in [2.75, 3.05) is 37.4 Å². The molecule has 1 aromatic carbocycles. The Morgan fingerprint density at radius 2 is 1.93 bits per heavy atom. The summed E-state index contributed by atoms with van der Waals surface area (Å²) in [5.41, 5.74) is 0.365. The van der Waals surface area contributed by atoms with Gasteiger partial charge in [0.25, 0.3) is 0 Å². The number of carbonyl (C=O) groups is 2. The number of methoxy groups -OCH3 is 1. The van der Waals surface area contributed by atoms with E-state index in [4.69, 9.17) is 9.47 Å². The lowest BCUT2D eigenvalue weighted by Gasteiger charge is -2.36. The molecule has 0 saturated carbocycles. The van der Waals surface area contributed by atoms with Crippen LogP contribution in [0.2, 0.25) is 0 Å². The predicted molar refractivity (Wildman–Crippen MR) is 106 cm³/mol. The Morgan fingerprint density at radius 3 is 2.46 bits per heavy atom. The summed E-state index contributed by atoms with van der Waals surface area (Å²) >= 11 is 0. The number of rotatable bonds is 7. The number of hydrogen-bond donors (Lipinski definition) is 0. The van der Waals surface area contributed by atoms with Gasteiger partial charge < -0.3 is 14.4 Å². The first-order chi connectivity index (χ1) is 13.2. The molecule has 0 radical (unpaired) electrons. The summed E-state index contributed by atoms with van der Waals surface area (Å²) in [5.74, 6) is -0.253. The number of sulfonamides is 1. The van der Waals surface area contributed by atoms with Crippen LogP contribution >= 0.6 is 0 Å². The molecule has 28 heavy (non-hydrogen) atoms. The fourth-order valence-electron chi connectivity index (χ4n) is 3.41. The van der Waals surface area contributed by atoms with Crippen LogP contribution in [0.5, 0.6) is 5.75 Å². The molecule has 1 heterocycles. The summed E-state index contributed by atoms with van der Waals surface area (Å²) < 4.78 is 36.2. The zero-order valence-corrected chi connectivity index (χ0v) is 17.6. The van der Waals surface area contributed by atoms with Gasteiger partial charge in [-0.25, -0.2) is 8.42 Å². The Labute approximate surface area is 166 Å². The van der Waals surface area contributed by atoms with Crippen molar-refractivity contribution >= 4 is 27.6 Å². The normalized spacial score (nSPS) is 16.4. The topological polar surface area (TPSA) is 93.2 Å². The van der Waals surface area contributed by atoms with Crippen molar-refractivity contribution in [2.24, 2.45) is 5.92 Å². The van der Waals surface area contributed by atoms with Gasteiger partial charge in [-0.05, 0) is 38.8 Å². The van der Waals surface area contributed by atoms with Crippen LogP contribution in [0.25, 0.3) is 0 Å². The summed E-state index contributed by atoms with van der Waals surface area (Å²) in [5, 5.41) is 0. The highest BCUT2D eigenvalue weighted by atomic mass is 32.2. The van der Waals surface area contributed by atoms with Crippen LogP contribution in [0.15, 0.2) is 24.3 Å². The Hall–Kier alpha value is -2.29. The molecule has 1 amide bonds. The van der Waals surface area contributed by atoms with E-state index in [1.165, 1.54) is 7.11 Å². The SMILES string of the molecule is CCOC(=O)C1CCN(C(=O)[C@@H](C)N(c2cccc(OC)c2)S(C)(=O)=O)CC1.